The Morgan fingerprint density at radius 3 is 1.08 bits per heavy atom. The van der Waals surface area contributed by atoms with Gasteiger partial charge in [0.1, 0.15) is 13.2 Å². The van der Waals surface area contributed by atoms with Gasteiger partial charge in [0, 0.05) is 12.8 Å². The quantitative estimate of drug-likeness (QED) is 0.0262. The maximum atomic E-state index is 12.8. The third kappa shape index (κ3) is 50.9. The van der Waals surface area contributed by atoms with Crippen LogP contribution >= 0.6 is 0 Å². The summed E-state index contributed by atoms with van der Waals surface area (Å²) in [4.78, 5) is 38.0. The molecule has 0 aliphatic rings. The Bertz CT molecular complexity index is 1360. The third-order valence-electron chi connectivity index (χ3n) is 10.8. The van der Waals surface area contributed by atoms with E-state index >= 15 is 0 Å². The van der Waals surface area contributed by atoms with Crippen LogP contribution in [0, 0.1) is 0 Å². The summed E-state index contributed by atoms with van der Waals surface area (Å²) in [7, 11) is 0. The van der Waals surface area contributed by atoms with Crippen molar-refractivity contribution in [3.05, 3.63) is 109 Å². The lowest BCUT2D eigenvalue weighted by Gasteiger charge is -2.18. The van der Waals surface area contributed by atoms with Crippen LogP contribution in [0.3, 0.4) is 0 Å². The minimum atomic E-state index is -0.833. The lowest BCUT2D eigenvalue weighted by atomic mass is 10.1. The molecule has 0 amide bonds. The monoisotopic (exact) mass is 901 g/mol. The van der Waals surface area contributed by atoms with Crippen molar-refractivity contribution in [2.24, 2.45) is 0 Å². The summed E-state index contributed by atoms with van der Waals surface area (Å²) in [5.74, 6) is -1.09. The minimum Gasteiger partial charge on any atom is -0.462 e. The molecule has 65 heavy (non-hydrogen) atoms. The van der Waals surface area contributed by atoms with E-state index in [0.717, 1.165) is 122 Å². The number of allylic oxidation sites excluding steroid dienone is 17. The number of rotatable bonds is 46. The zero-order chi connectivity index (χ0) is 47.2. The van der Waals surface area contributed by atoms with Gasteiger partial charge in [-0.15, -0.1) is 0 Å². The fraction of sp³-hybridized carbons (Fsp3) is 0.644. The second kappa shape index (κ2) is 52.7. The summed E-state index contributed by atoms with van der Waals surface area (Å²) in [5.41, 5.74) is 0. The normalized spacial score (nSPS) is 13.0. The Labute approximate surface area is 400 Å². The van der Waals surface area contributed by atoms with Gasteiger partial charge >= 0.3 is 17.9 Å². The predicted octanol–water partition coefficient (Wildman–Crippen LogP) is 17.5. The fourth-order valence-electron chi connectivity index (χ4n) is 6.81. The zero-order valence-electron chi connectivity index (χ0n) is 42.0. The van der Waals surface area contributed by atoms with E-state index in [-0.39, 0.29) is 38.0 Å². The number of carbonyl (C=O) groups excluding carboxylic acids is 3. The number of hydrogen-bond acceptors (Lipinski definition) is 6. The lowest BCUT2D eigenvalue weighted by molar-refractivity contribution is -0.166. The molecule has 0 N–H and O–H groups in total. The van der Waals surface area contributed by atoms with Gasteiger partial charge in [0.25, 0.3) is 0 Å². The van der Waals surface area contributed by atoms with Gasteiger partial charge in [-0.05, 0) is 109 Å². The second-order valence-corrected chi connectivity index (χ2v) is 17.1. The highest BCUT2D eigenvalue weighted by Gasteiger charge is 2.19. The molecule has 0 rings (SSSR count). The molecule has 0 heterocycles. The van der Waals surface area contributed by atoms with Crippen LogP contribution in [0.4, 0.5) is 0 Å². The van der Waals surface area contributed by atoms with Crippen molar-refractivity contribution in [1.82, 2.24) is 0 Å². The van der Waals surface area contributed by atoms with Crippen LogP contribution in [0.15, 0.2) is 109 Å². The second-order valence-electron chi connectivity index (χ2n) is 17.1. The third-order valence-corrected chi connectivity index (χ3v) is 10.8. The van der Waals surface area contributed by atoms with E-state index in [0.29, 0.717) is 6.42 Å². The number of ether oxygens (including phenoxy) is 3. The van der Waals surface area contributed by atoms with Crippen LogP contribution in [-0.2, 0) is 28.6 Å². The van der Waals surface area contributed by atoms with Gasteiger partial charge in [0.2, 0.25) is 0 Å². The summed E-state index contributed by atoms with van der Waals surface area (Å²) in [6.07, 6.45) is 70.9. The molecule has 0 saturated carbocycles. The molecule has 6 nitrogen and oxygen atoms in total. The molecule has 0 spiro atoms. The lowest BCUT2D eigenvalue weighted by Crippen LogP contribution is -2.30. The molecule has 0 radical (unpaired) electrons. The van der Waals surface area contributed by atoms with Crippen LogP contribution in [0.25, 0.3) is 0 Å². The summed E-state index contributed by atoms with van der Waals surface area (Å²) in [6, 6.07) is 0. The first kappa shape index (κ1) is 61.1. The number of esters is 3. The first-order valence-electron chi connectivity index (χ1n) is 26.4. The van der Waals surface area contributed by atoms with Crippen molar-refractivity contribution in [2.75, 3.05) is 13.2 Å². The minimum absolute atomic E-state index is 0.118. The molecule has 0 aromatic heterocycles. The molecule has 0 aliphatic carbocycles. The van der Waals surface area contributed by atoms with Crippen molar-refractivity contribution in [3.8, 4) is 0 Å². The van der Waals surface area contributed by atoms with Crippen LogP contribution in [0.1, 0.15) is 226 Å². The number of carbonyl (C=O) groups is 3. The van der Waals surface area contributed by atoms with Crippen LogP contribution in [-0.4, -0.2) is 37.2 Å². The van der Waals surface area contributed by atoms with Gasteiger partial charge in [-0.1, -0.05) is 207 Å². The predicted molar refractivity (Wildman–Crippen MR) is 279 cm³/mol. The molecule has 0 saturated heterocycles. The van der Waals surface area contributed by atoms with Gasteiger partial charge in [-0.2, -0.15) is 0 Å². The smallest absolute Gasteiger partial charge is 0.309 e. The molecule has 368 valence electrons. The molecule has 0 aromatic rings. The maximum Gasteiger partial charge on any atom is 0.309 e. The van der Waals surface area contributed by atoms with Crippen molar-refractivity contribution in [2.45, 2.75) is 232 Å². The van der Waals surface area contributed by atoms with E-state index < -0.39 is 12.1 Å². The highest BCUT2D eigenvalue weighted by Crippen LogP contribution is 2.12. The van der Waals surface area contributed by atoms with E-state index in [9.17, 15) is 14.4 Å². The van der Waals surface area contributed by atoms with Crippen molar-refractivity contribution >= 4 is 17.9 Å². The SMILES string of the molecule is CC/C=C\C/C=C\C/C=C\C/C=C\C/C=C\CC(=O)OCC(COC(=O)CCCCCCC/C=C\C/C=C\CCCCCC)OC(=O)CCCCCCC/C=C\C/C=C\CCCCCC. The first-order valence-corrected chi connectivity index (χ1v) is 26.4. The summed E-state index contributed by atoms with van der Waals surface area (Å²) in [5, 5.41) is 0. The van der Waals surface area contributed by atoms with Gasteiger partial charge in [0.05, 0.1) is 6.42 Å². The topological polar surface area (TPSA) is 78.9 Å². The van der Waals surface area contributed by atoms with E-state index in [2.05, 4.69) is 118 Å². The summed E-state index contributed by atoms with van der Waals surface area (Å²) >= 11 is 0. The van der Waals surface area contributed by atoms with Crippen molar-refractivity contribution in [1.29, 1.82) is 0 Å². The maximum absolute atomic E-state index is 12.8. The molecule has 0 fully saturated rings. The Hall–Kier alpha value is -3.93. The van der Waals surface area contributed by atoms with Crippen LogP contribution in [0.2, 0.25) is 0 Å². The van der Waals surface area contributed by atoms with Gasteiger partial charge in [-0.3, -0.25) is 14.4 Å². The fourth-order valence-corrected chi connectivity index (χ4v) is 6.81. The Balaban J connectivity index is 4.57. The zero-order valence-corrected chi connectivity index (χ0v) is 42.0. The Kier molecular flexibility index (Phi) is 49.5. The summed E-state index contributed by atoms with van der Waals surface area (Å²) in [6.45, 7) is 6.37. The standard InChI is InChI=1S/C59H96O6/c1-4-7-10-13-16-19-22-25-28-31-34-37-40-43-46-49-52-58(61)64-55-56(54-63-57(60)51-48-45-42-39-36-33-30-27-24-21-18-15-12-9-6-3)65-59(62)53-50-47-44-41-38-35-32-29-26-23-20-17-14-11-8-5-2/h9,12,18-23,27-32,36,39,45,48,56H,4-8,10-11,13-17,24-26,33-35,37-38,40-44,46-47,49-55H2,1-3H3/b12-9-,21-18-,22-19-,23-20-,30-27-,31-28-,32-29-,39-36-,48-45-. The molecular weight excluding hydrogens is 805 g/mol. The Morgan fingerprint density at radius 2 is 0.662 bits per heavy atom. The van der Waals surface area contributed by atoms with E-state index in [4.69, 9.17) is 14.2 Å². The highest BCUT2D eigenvalue weighted by molar-refractivity contribution is 5.72. The molecule has 0 aliphatic heterocycles. The van der Waals surface area contributed by atoms with Gasteiger partial charge < -0.3 is 14.2 Å². The van der Waals surface area contributed by atoms with Crippen molar-refractivity contribution < 1.29 is 28.6 Å². The molecule has 0 bridgehead atoms. The number of hydrogen-bond donors (Lipinski definition) is 0. The Morgan fingerprint density at radius 1 is 0.338 bits per heavy atom. The van der Waals surface area contributed by atoms with Gasteiger partial charge in [-0.25, -0.2) is 0 Å². The summed E-state index contributed by atoms with van der Waals surface area (Å²) < 4.78 is 16.7. The average Bonchev–Trinajstić information content (AvgIpc) is 3.30. The molecular formula is C59H96O6. The molecule has 0 aromatic carbocycles. The van der Waals surface area contributed by atoms with Crippen LogP contribution in [0.5, 0.6) is 0 Å². The van der Waals surface area contributed by atoms with E-state index in [1.807, 2.05) is 6.08 Å². The average molecular weight is 901 g/mol. The molecule has 1 unspecified atom stereocenters. The van der Waals surface area contributed by atoms with Crippen molar-refractivity contribution in [3.63, 3.8) is 0 Å². The van der Waals surface area contributed by atoms with Gasteiger partial charge in [0.15, 0.2) is 6.10 Å². The van der Waals surface area contributed by atoms with E-state index in [1.165, 1.54) is 64.2 Å². The van der Waals surface area contributed by atoms with E-state index in [1.54, 1.807) is 6.08 Å². The molecule has 6 heteroatoms. The number of unbranched alkanes of at least 4 members (excludes halogenated alkanes) is 18. The largest absolute Gasteiger partial charge is 0.462 e. The first-order chi connectivity index (χ1) is 32.0. The molecule has 1 atom stereocenters. The highest BCUT2D eigenvalue weighted by atomic mass is 16.6. The van der Waals surface area contributed by atoms with Crippen LogP contribution < -0.4 is 0 Å².